The van der Waals surface area contributed by atoms with E-state index in [1.165, 1.54) is 0 Å². The third-order valence-electron chi connectivity index (χ3n) is 1.55. The first-order valence-electron chi connectivity index (χ1n) is 3.49. The van der Waals surface area contributed by atoms with Gasteiger partial charge in [0.15, 0.2) is 5.75 Å². The zero-order valence-corrected chi connectivity index (χ0v) is 6.55. The topological polar surface area (TPSA) is 79.1 Å². The van der Waals surface area contributed by atoms with Gasteiger partial charge in [0, 0.05) is 12.2 Å². The van der Waals surface area contributed by atoms with Gasteiger partial charge in [-0.3, -0.25) is 4.79 Å². The van der Waals surface area contributed by atoms with Gasteiger partial charge in [0.25, 0.3) is 12.0 Å². The van der Waals surface area contributed by atoms with Crippen LogP contribution in [0.5, 0.6) is 5.75 Å². The monoisotopic (exact) mass is 190 g/mol. The first-order chi connectivity index (χ1) is 6.06. The number of hydrogen-bond donors (Lipinski definition) is 3. The molecule has 4 nitrogen and oxygen atoms in total. The average Bonchev–Trinajstić information content (AvgIpc) is 2.09. The maximum absolute atomic E-state index is 12.2. The van der Waals surface area contributed by atoms with Crippen molar-refractivity contribution in [2.45, 2.75) is 13.0 Å². The highest BCUT2D eigenvalue weighted by Crippen LogP contribution is 2.24. The summed E-state index contributed by atoms with van der Waals surface area (Å²) in [6.45, 7) is -0.0603. The van der Waals surface area contributed by atoms with Gasteiger partial charge >= 0.3 is 0 Å². The summed E-state index contributed by atoms with van der Waals surface area (Å²) in [6.07, 6.45) is -2.88. The largest absolute Gasteiger partial charge is 0.503 e. The standard InChI is InChI=1S/C7H8F2N2O2/c8-6(9)4-1-3(2-10)11-7(13)5(4)12/h1,6,12H,2,10H2,(H,11,13). The molecule has 0 atom stereocenters. The van der Waals surface area contributed by atoms with Crippen LogP contribution in [-0.4, -0.2) is 10.1 Å². The molecule has 0 aliphatic heterocycles. The molecule has 0 unspecified atom stereocenters. The number of aromatic nitrogens is 1. The molecule has 1 aromatic rings. The van der Waals surface area contributed by atoms with E-state index in [1.54, 1.807) is 0 Å². The number of alkyl halides is 2. The summed E-state index contributed by atoms with van der Waals surface area (Å²) in [5.41, 5.74) is 3.67. The zero-order chi connectivity index (χ0) is 10.0. The number of hydrogen-bond acceptors (Lipinski definition) is 3. The van der Waals surface area contributed by atoms with Gasteiger partial charge in [-0.05, 0) is 6.07 Å². The quantitative estimate of drug-likeness (QED) is 0.634. The molecule has 0 radical (unpaired) electrons. The number of aromatic hydroxyl groups is 1. The molecule has 0 saturated heterocycles. The van der Waals surface area contributed by atoms with E-state index in [9.17, 15) is 13.6 Å². The van der Waals surface area contributed by atoms with E-state index in [-0.39, 0.29) is 12.2 Å². The normalized spacial score (nSPS) is 10.8. The molecule has 0 aliphatic rings. The van der Waals surface area contributed by atoms with E-state index in [0.717, 1.165) is 6.07 Å². The van der Waals surface area contributed by atoms with Crippen LogP contribution in [-0.2, 0) is 6.54 Å². The fraction of sp³-hybridized carbons (Fsp3) is 0.286. The Morgan fingerprint density at radius 1 is 1.62 bits per heavy atom. The van der Waals surface area contributed by atoms with E-state index >= 15 is 0 Å². The van der Waals surface area contributed by atoms with E-state index in [4.69, 9.17) is 10.8 Å². The molecule has 13 heavy (non-hydrogen) atoms. The highest BCUT2D eigenvalue weighted by Gasteiger charge is 2.16. The molecule has 0 saturated carbocycles. The Hall–Kier alpha value is -1.43. The predicted octanol–water partition coefficient (Wildman–Crippen LogP) is 0.477. The second-order valence-corrected chi connectivity index (χ2v) is 2.43. The van der Waals surface area contributed by atoms with Crippen molar-refractivity contribution in [2.75, 3.05) is 0 Å². The number of rotatable bonds is 2. The second kappa shape index (κ2) is 3.53. The van der Waals surface area contributed by atoms with Crippen LogP contribution in [0.4, 0.5) is 8.78 Å². The lowest BCUT2D eigenvalue weighted by Gasteiger charge is -2.04. The third kappa shape index (κ3) is 1.83. The zero-order valence-electron chi connectivity index (χ0n) is 6.55. The number of halogens is 2. The SMILES string of the molecule is NCc1cc(C(F)F)c(O)c(=O)[nH]1. The van der Waals surface area contributed by atoms with E-state index in [0.29, 0.717) is 0 Å². The predicted molar refractivity (Wildman–Crippen MR) is 41.6 cm³/mol. The van der Waals surface area contributed by atoms with Gasteiger partial charge < -0.3 is 15.8 Å². The van der Waals surface area contributed by atoms with Crippen LogP contribution in [0, 0.1) is 0 Å². The molecule has 4 N–H and O–H groups in total. The van der Waals surface area contributed by atoms with Crippen molar-refractivity contribution in [3.63, 3.8) is 0 Å². The first-order valence-corrected chi connectivity index (χ1v) is 3.49. The summed E-state index contributed by atoms with van der Waals surface area (Å²) in [5.74, 6) is -0.952. The van der Waals surface area contributed by atoms with E-state index in [1.807, 2.05) is 0 Å². The van der Waals surface area contributed by atoms with Gasteiger partial charge in [-0.25, -0.2) is 8.78 Å². The van der Waals surface area contributed by atoms with Crippen molar-refractivity contribution in [1.29, 1.82) is 0 Å². The highest BCUT2D eigenvalue weighted by atomic mass is 19.3. The molecule has 0 spiro atoms. The summed E-state index contributed by atoms with van der Waals surface area (Å²) >= 11 is 0. The number of nitrogens with two attached hydrogens (primary N) is 1. The second-order valence-electron chi connectivity index (χ2n) is 2.43. The molecule has 72 valence electrons. The van der Waals surface area contributed by atoms with Crippen molar-refractivity contribution < 1.29 is 13.9 Å². The molecule has 1 heterocycles. The summed E-state index contributed by atoms with van der Waals surface area (Å²) in [6, 6.07) is 0.974. The fourth-order valence-corrected chi connectivity index (χ4v) is 0.905. The minimum Gasteiger partial charge on any atom is -0.503 e. The molecule has 0 aromatic carbocycles. The lowest BCUT2D eigenvalue weighted by Crippen LogP contribution is -2.13. The van der Waals surface area contributed by atoms with Crippen LogP contribution in [0.15, 0.2) is 10.9 Å². The van der Waals surface area contributed by atoms with Crippen molar-refractivity contribution in [3.8, 4) is 5.75 Å². The highest BCUT2D eigenvalue weighted by molar-refractivity contribution is 5.32. The smallest absolute Gasteiger partial charge is 0.290 e. The first kappa shape index (κ1) is 9.66. The van der Waals surface area contributed by atoms with Gasteiger partial charge in [0.1, 0.15) is 0 Å². The van der Waals surface area contributed by atoms with Crippen molar-refractivity contribution in [2.24, 2.45) is 5.73 Å². The minimum atomic E-state index is -2.88. The summed E-state index contributed by atoms with van der Waals surface area (Å²) in [7, 11) is 0. The van der Waals surface area contributed by atoms with Gasteiger partial charge in [-0.1, -0.05) is 0 Å². The van der Waals surface area contributed by atoms with Crippen molar-refractivity contribution >= 4 is 0 Å². The maximum Gasteiger partial charge on any atom is 0.290 e. The lowest BCUT2D eigenvalue weighted by molar-refractivity contribution is 0.147. The van der Waals surface area contributed by atoms with Crippen LogP contribution < -0.4 is 11.3 Å². The van der Waals surface area contributed by atoms with Crippen LogP contribution in [0.3, 0.4) is 0 Å². The van der Waals surface area contributed by atoms with Crippen LogP contribution in [0.1, 0.15) is 17.7 Å². The molecule has 0 fully saturated rings. The molecule has 1 aromatic heterocycles. The Kier molecular flexibility index (Phi) is 2.62. The maximum atomic E-state index is 12.2. The number of H-pyrrole nitrogens is 1. The fourth-order valence-electron chi connectivity index (χ4n) is 0.905. The Bertz CT molecular complexity index is 362. The summed E-state index contributed by atoms with van der Waals surface area (Å²) in [5, 5.41) is 8.92. The minimum absolute atomic E-state index is 0.0603. The number of nitrogens with one attached hydrogen (secondary N) is 1. The van der Waals surface area contributed by atoms with Gasteiger partial charge in [0.05, 0.1) is 5.56 Å². The molecule has 0 aliphatic carbocycles. The summed E-state index contributed by atoms with van der Waals surface area (Å²) < 4.78 is 24.3. The number of pyridine rings is 1. The molecule has 0 bridgehead atoms. The third-order valence-corrected chi connectivity index (χ3v) is 1.55. The Morgan fingerprint density at radius 2 is 2.23 bits per heavy atom. The van der Waals surface area contributed by atoms with Gasteiger partial charge in [0.2, 0.25) is 0 Å². The lowest BCUT2D eigenvalue weighted by atomic mass is 10.2. The molecule has 6 heteroatoms. The molecule has 0 amide bonds. The molecular weight excluding hydrogens is 182 g/mol. The molecular formula is C7H8F2N2O2. The average molecular weight is 190 g/mol. The van der Waals surface area contributed by atoms with Crippen molar-refractivity contribution in [1.82, 2.24) is 4.98 Å². The van der Waals surface area contributed by atoms with Crippen LogP contribution in [0.25, 0.3) is 0 Å². The van der Waals surface area contributed by atoms with Gasteiger partial charge in [-0.2, -0.15) is 0 Å². The van der Waals surface area contributed by atoms with Crippen LogP contribution in [0.2, 0.25) is 0 Å². The van der Waals surface area contributed by atoms with E-state index < -0.39 is 23.3 Å². The number of aromatic amines is 1. The van der Waals surface area contributed by atoms with E-state index in [2.05, 4.69) is 4.98 Å². The Labute approximate surface area is 72.0 Å². The molecule has 1 rings (SSSR count). The van der Waals surface area contributed by atoms with Gasteiger partial charge in [-0.15, -0.1) is 0 Å². The Balaban J connectivity index is 3.33. The summed E-state index contributed by atoms with van der Waals surface area (Å²) in [4.78, 5) is 13.0. The van der Waals surface area contributed by atoms with Crippen molar-refractivity contribution in [3.05, 3.63) is 27.7 Å². The van der Waals surface area contributed by atoms with Crippen LogP contribution >= 0.6 is 0 Å². The Morgan fingerprint density at radius 3 is 2.69 bits per heavy atom.